The lowest BCUT2D eigenvalue weighted by Crippen LogP contribution is -2.16. The van der Waals surface area contributed by atoms with Gasteiger partial charge in [0.2, 0.25) is 11.9 Å². The molecule has 2 heterocycles. The molecule has 35 heavy (non-hydrogen) atoms. The van der Waals surface area contributed by atoms with Crippen LogP contribution in [-0.2, 0) is 27.7 Å². The molecule has 180 valence electrons. The zero-order valence-electron chi connectivity index (χ0n) is 18.9. The highest BCUT2D eigenvalue weighted by Gasteiger charge is 2.17. The van der Waals surface area contributed by atoms with Crippen LogP contribution in [0.3, 0.4) is 0 Å². The summed E-state index contributed by atoms with van der Waals surface area (Å²) in [5.41, 5.74) is 3.11. The van der Waals surface area contributed by atoms with Crippen LogP contribution < -0.4 is 10.0 Å². The summed E-state index contributed by atoms with van der Waals surface area (Å²) in [5.74, 6) is -0.229. The molecule has 0 saturated heterocycles. The monoisotopic (exact) mass is 508 g/mol. The van der Waals surface area contributed by atoms with Gasteiger partial charge in [-0.1, -0.05) is 24.6 Å². The number of thioether (sulfide) groups is 1. The molecule has 1 aromatic carbocycles. The maximum Gasteiger partial charge on any atom is 0.264 e. The number of carbonyl (C=O) groups is 1. The van der Waals surface area contributed by atoms with Gasteiger partial charge in [0.1, 0.15) is 11.1 Å². The van der Waals surface area contributed by atoms with E-state index >= 15 is 0 Å². The lowest BCUT2D eigenvalue weighted by Gasteiger charge is -2.15. The number of rotatable bonds is 7. The Hall–Kier alpha value is -3.49. The van der Waals surface area contributed by atoms with E-state index < -0.39 is 10.0 Å². The number of aryl methyl sites for hydroxylation is 2. The average Bonchev–Trinajstić information content (AvgIpc) is 2.84. The van der Waals surface area contributed by atoms with Gasteiger partial charge in [0.15, 0.2) is 0 Å². The van der Waals surface area contributed by atoms with Crippen molar-refractivity contribution in [1.29, 1.82) is 5.26 Å². The molecule has 11 heteroatoms. The van der Waals surface area contributed by atoms with Gasteiger partial charge in [0.05, 0.1) is 16.2 Å². The van der Waals surface area contributed by atoms with Gasteiger partial charge in [0.25, 0.3) is 10.0 Å². The summed E-state index contributed by atoms with van der Waals surface area (Å²) < 4.78 is 27.3. The van der Waals surface area contributed by atoms with Crippen molar-refractivity contribution in [3.8, 4) is 6.07 Å². The number of aromatic nitrogens is 3. The fourth-order valence-electron chi connectivity index (χ4n) is 3.74. The van der Waals surface area contributed by atoms with Crippen molar-refractivity contribution in [2.24, 2.45) is 0 Å². The minimum atomic E-state index is -3.86. The fourth-order valence-corrected chi connectivity index (χ4v) is 5.47. The van der Waals surface area contributed by atoms with Crippen LogP contribution in [0.2, 0.25) is 0 Å². The van der Waals surface area contributed by atoms with E-state index in [1.165, 1.54) is 61.3 Å². The predicted molar refractivity (Wildman–Crippen MR) is 133 cm³/mol. The van der Waals surface area contributed by atoms with Crippen molar-refractivity contribution < 1.29 is 13.2 Å². The Bertz CT molecular complexity index is 1340. The van der Waals surface area contributed by atoms with Gasteiger partial charge in [-0.05, 0) is 67.6 Å². The van der Waals surface area contributed by atoms with E-state index in [2.05, 4.69) is 26.1 Å². The number of sulfonamides is 1. The van der Waals surface area contributed by atoms with Crippen LogP contribution in [0.4, 0.5) is 11.6 Å². The molecular weight excluding hydrogens is 484 g/mol. The molecule has 4 rings (SSSR count). The molecular formula is C24H24N6O3S2. The Morgan fingerprint density at radius 2 is 1.77 bits per heavy atom. The van der Waals surface area contributed by atoms with E-state index in [4.69, 9.17) is 4.98 Å². The largest absolute Gasteiger partial charge is 0.325 e. The van der Waals surface area contributed by atoms with Crippen molar-refractivity contribution >= 4 is 39.3 Å². The fraction of sp³-hybridized carbons (Fsp3) is 0.292. The van der Waals surface area contributed by atoms with Crippen molar-refractivity contribution in [2.75, 3.05) is 15.8 Å². The number of amides is 1. The Morgan fingerprint density at radius 1 is 1.06 bits per heavy atom. The van der Waals surface area contributed by atoms with E-state index in [1.54, 1.807) is 6.07 Å². The van der Waals surface area contributed by atoms with Gasteiger partial charge in [-0.15, -0.1) is 0 Å². The van der Waals surface area contributed by atoms with E-state index in [9.17, 15) is 18.5 Å². The molecule has 0 radical (unpaired) electrons. The predicted octanol–water partition coefficient (Wildman–Crippen LogP) is 3.93. The highest BCUT2D eigenvalue weighted by Crippen LogP contribution is 2.27. The first kappa shape index (κ1) is 24.6. The second-order valence-corrected chi connectivity index (χ2v) is 10.7. The smallest absolute Gasteiger partial charge is 0.264 e. The lowest BCUT2D eigenvalue weighted by atomic mass is 9.96. The highest BCUT2D eigenvalue weighted by molar-refractivity contribution is 8.00. The summed E-state index contributed by atoms with van der Waals surface area (Å²) in [5, 5.41) is 12.9. The van der Waals surface area contributed by atoms with E-state index in [0.717, 1.165) is 36.9 Å². The maximum atomic E-state index is 12.5. The van der Waals surface area contributed by atoms with Gasteiger partial charge < -0.3 is 5.32 Å². The van der Waals surface area contributed by atoms with Crippen molar-refractivity contribution in [3.05, 3.63) is 65.6 Å². The summed E-state index contributed by atoms with van der Waals surface area (Å²) in [4.78, 5) is 24.9. The highest BCUT2D eigenvalue weighted by atomic mass is 32.2. The standard InChI is InChI=1S/C24H24N6O3S2/c25-15-18-14-17-6-3-1-2-4-7-21(17)29-23(18)34-16-22(31)28-19-8-10-20(11-9-19)35(32,33)30-24-26-12-5-13-27-24/h5,8-14H,1-4,6-7,16H2,(H,28,31)(H,26,27,30). The summed E-state index contributed by atoms with van der Waals surface area (Å²) in [6.45, 7) is 0. The molecule has 1 amide bonds. The average molecular weight is 509 g/mol. The molecule has 0 bridgehead atoms. The third-order valence-electron chi connectivity index (χ3n) is 5.47. The van der Waals surface area contributed by atoms with E-state index in [0.29, 0.717) is 16.3 Å². The number of nitriles is 1. The number of carbonyl (C=O) groups excluding carboxylic acids is 1. The normalized spacial score (nSPS) is 13.6. The number of nitrogens with one attached hydrogen (secondary N) is 2. The molecule has 0 atom stereocenters. The molecule has 9 nitrogen and oxygen atoms in total. The summed E-state index contributed by atoms with van der Waals surface area (Å²) >= 11 is 1.23. The zero-order chi connectivity index (χ0) is 24.7. The molecule has 0 spiro atoms. The zero-order valence-corrected chi connectivity index (χ0v) is 20.5. The number of fused-ring (bicyclic) bond motifs is 1. The number of pyridine rings is 1. The number of nitrogens with zero attached hydrogens (tertiary/aromatic N) is 4. The molecule has 2 aromatic heterocycles. The van der Waals surface area contributed by atoms with Crippen molar-refractivity contribution in [3.63, 3.8) is 0 Å². The van der Waals surface area contributed by atoms with E-state index in [-0.39, 0.29) is 22.5 Å². The van der Waals surface area contributed by atoms with Crippen molar-refractivity contribution in [2.45, 2.75) is 48.4 Å². The number of hydrogen-bond acceptors (Lipinski definition) is 8. The molecule has 2 N–H and O–H groups in total. The number of anilines is 2. The molecule has 0 saturated carbocycles. The number of benzene rings is 1. The lowest BCUT2D eigenvalue weighted by molar-refractivity contribution is -0.113. The van der Waals surface area contributed by atoms with Crippen LogP contribution in [0.25, 0.3) is 0 Å². The summed E-state index contributed by atoms with van der Waals surface area (Å²) in [7, 11) is -3.86. The Balaban J connectivity index is 1.37. The maximum absolute atomic E-state index is 12.5. The Labute approximate surface area is 208 Å². The SMILES string of the molecule is N#Cc1cc2c(nc1SCC(=O)Nc1ccc(S(=O)(=O)Nc3ncccn3)cc1)CCCCCC2. The second kappa shape index (κ2) is 11.3. The van der Waals surface area contributed by atoms with Crippen LogP contribution in [-0.4, -0.2) is 35.0 Å². The van der Waals surface area contributed by atoms with Gasteiger partial charge in [-0.25, -0.2) is 28.1 Å². The molecule has 3 aromatic rings. The third kappa shape index (κ3) is 6.55. The van der Waals surface area contributed by atoms with Crippen LogP contribution in [0.15, 0.2) is 58.7 Å². The molecule has 1 aliphatic rings. The van der Waals surface area contributed by atoms with Crippen LogP contribution in [0, 0.1) is 11.3 Å². The first-order valence-corrected chi connectivity index (χ1v) is 13.7. The first-order chi connectivity index (χ1) is 16.9. The topological polar surface area (TPSA) is 138 Å². The Kier molecular flexibility index (Phi) is 7.94. The minimum absolute atomic E-state index is 0.0148. The quantitative estimate of drug-likeness (QED) is 0.458. The summed E-state index contributed by atoms with van der Waals surface area (Å²) in [6, 6.07) is 11.5. The van der Waals surface area contributed by atoms with Crippen LogP contribution >= 0.6 is 11.8 Å². The van der Waals surface area contributed by atoms with Gasteiger partial charge >= 0.3 is 0 Å². The second-order valence-electron chi connectivity index (χ2n) is 8.01. The van der Waals surface area contributed by atoms with Gasteiger partial charge in [0, 0.05) is 23.8 Å². The van der Waals surface area contributed by atoms with Gasteiger partial charge in [-0.2, -0.15) is 5.26 Å². The van der Waals surface area contributed by atoms with Crippen LogP contribution in [0.5, 0.6) is 0 Å². The Morgan fingerprint density at radius 3 is 2.49 bits per heavy atom. The summed E-state index contributed by atoms with van der Waals surface area (Å²) in [6.07, 6.45) is 9.25. The molecule has 1 aliphatic carbocycles. The van der Waals surface area contributed by atoms with E-state index in [1.807, 2.05) is 6.07 Å². The molecule has 0 aliphatic heterocycles. The van der Waals surface area contributed by atoms with Gasteiger partial charge in [-0.3, -0.25) is 4.79 Å². The minimum Gasteiger partial charge on any atom is -0.325 e. The van der Waals surface area contributed by atoms with Crippen LogP contribution in [0.1, 0.15) is 42.5 Å². The first-order valence-electron chi connectivity index (χ1n) is 11.2. The third-order valence-corrected chi connectivity index (χ3v) is 7.80. The van der Waals surface area contributed by atoms with Crippen molar-refractivity contribution in [1.82, 2.24) is 15.0 Å². The molecule has 0 fully saturated rings. The molecule has 0 unspecified atom stereocenters. The number of hydrogen-bond donors (Lipinski definition) is 2.